The number of nitrogens with one attached hydrogen (secondary N) is 1. The average Bonchev–Trinajstić information content (AvgIpc) is 3.21. The van der Waals surface area contributed by atoms with E-state index in [-0.39, 0.29) is 47.0 Å². The van der Waals surface area contributed by atoms with Crippen molar-refractivity contribution < 1.29 is 14.3 Å². The first-order chi connectivity index (χ1) is 12.8. The highest BCUT2D eigenvalue weighted by atomic mass is 127. The van der Waals surface area contributed by atoms with Crippen LogP contribution in [0.5, 0.6) is 0 Å². The number of guanidine groups is 1. The Morgan fingerprint density at radius 1 is 1.21 bits per heavy atom. The molecule has 0 aromatic heterocycles. The van der Waals surface area contributed by atoms with Crippen molar-refractivity contribution in [2.24, 2.45) is 10.4 Å². The fourth-order valence-corrected chi connectivity index (χ4v) is 4.38. The lowest BCUT2D eigenvalue weighted by molar-refractivity contribution is -0.177. The molecule has 2 heterocycles. The Hall–Kier alpha value is -0.610. The summed E-state index contributed by atoms with van der Waals surface area (Å²) in [5.74, 6) is 1.11. The molecule has 3 rings (SSSR count). The highest BCUT2D eigenvalue weighted by Gasteiger charge is 2.58. The van der Waals surface area contributed by atoms with Crippen molar-refractivity contribution in [1.82, 2.24) is 15.1 Å². The van der Waals surface area contributed by atoms with Crippen molar-refractivity contribution in [3.8, 4) is 0 Å². The first kappa shape index (κ1) is 23.7. The molecule has 3 unspecified atom stereocenters. The minimum Gasteiger partial charge on any atom is -0.378 e. The summed E-state index contributed by atoms with van der Waals surface area (Å²) in [6, 6.07) is 0.333. The van der Waals surface area contributed by atoms with Gasteiger partial charge in [-0.1, -0.05) is 13.8 Å². The molecule has 1 N–H and O–H groups in total. The van der Waals surface area contributed by atoms with Crippen LogP contribution >= 0.6 is 24.0 Å². The molecule has 0 radical (unpaired) electrons. The van der Waals surface area contributed by atoms with Gasteiger partial charge in [-0.2, -0.15) is 0 Å². The zero-order valence-corrected chi connectivity index (χ0v) is 20.3. The number of nitrogens with zero attached hydrogens (tertiary/aromatic N) is 3. The van der Waals surface area contributed by atoms with Gasteiger partial charge < -0.3 is 24.6 Å². The maximum absolute atomic E-state index is 12.5. The van der Waals surface area contributed by atoms with Crippen molar-refractivity contribution in [3.05, 3.63) is 0 Å². The van der Waals surface area contributed by atoms with Gasteiger partial charge in [0.2, 0.25) is 0 Å². The van der Waals surface area contributed by atoms with E-state index in [2.05, 4.69) is 37.9 Å². The van der Waals surface area contributed by atoms with Gasteiger partial charge in [0.1, 0.15) is 6.10 Å². The number of methoxy groups -OCH3 is 1. The van der Waals surface area contributed by atoms with Gasteiger partial charge in [-0.05, 0) is 33.1 Å². The zero-order chi connectivity index (χ0) is 19.7. The van der Waals surface area contributed by atoms with Crippen LogP contribution in [0.15, 0.2) is 4.99 Å². The second-order valence-corrected chi connectivity index (χ2v) is 8.67. The molecule has 1 amide bonds. The van der Waals surface area contributed by atoms with Gasteiger partial charge in [0.15, 0.2) is 5.96 Å². The van der Waals surface area contributed by atoms with Crippen LogP contribution in [0.1, 0.15) is 47.0 Å². The van der Waals surface area contributed by atoms with E-state index in [1.165, 1.54) is 0 Å². The molecule has 8 heteroatoms. The highest BCUT2D eigenvalue weighted by Crippen LogP contribution is 2.51. The third kappa shape index (κ3) is 4.43. The Bertz CT molecular complexity index is 572. The molecule has 3 fully saturated rings. The Morgan fingerprint density at radius 3 is 2.36 bits per heavy atom. The van der Waals surface area contributed by atoms with Crippen molar-refractivity contribution in [3.63, 3.8) is 0 Å². The Labute approximate surface area is 186 Å². The van der Waals surface area contributed by atoms with E-state index in [0.29, 0.717) is 12.6 Å². The summed E-state index contributed by atoms with van der Waals surface area (Å²) in [5.41, 5.74) is -0.0672. The number of piperazine rings is 1. The van der Waals surface area contributed by atoms with Crippen LogP contribution in [-0.4, -0.2) is 85.9 Å². The summed E-state index contributed by atoms with van der Waals surface area (Å²) >= 11 is 0. The van der Waals surface area contributed by atoms with Gasteiger partial charge in [-0.3, -0.25) is 9.79 Å². The van der Waals surface area contributed by atoms with E-state index in [0.717, 1.165) is 57.9 Å². The van der Waals surface area contributed by atoms with Crippen LogP contribution in [0.2, 0.25) is 0 Å². The molecule has 2 saturated heterocycles. The van der Waals surface area contributed by atoms with Gasteiger partial charge in [0, 0.05) is 57.9 Å². The molecule has 0 aromatic rings. The van der Waals surface area contributed by atoms with Crippen molar-refractivity contribution in [2.75, 3.05) is 46.4 Å². The fraction of sp³-hybridized carbons (Fsp3) is 0.900. The number of hydrogen-bond acceptors (Lipinski definition) is 4. The largest absolute Gasteiger partial charge is 0.378 e. The lowest BCUT2D eigenvalue weighted by atomic mass is 9.56. The van der Waals surface area contributed by atoms with E-state index >= 15 is 0 Å². The molecule has 1 saturated carbocycles. The van der Waals surface area contributed by atoms with E-state index in [1.807, 2.05) is 4.90 Å². The maximum atomic E-state index is 12.5. The lowest BCUT2D eigenvalue weighted by Crippen LogP contribution is -2.70. The topological polar surface area (TPSA) is 66.4 Å². The average molecular weight is 508 g/mol. The van der Waals surface area contributed by atoms with Crippen LogP contribution in [0.3, 0.4) is 0 Å². The molecule has 0 bridgehead atoms. The van der Waals surface area contributed by atoms with E-state index in [4.69, 9.17) is 14.5 Å². The molecule has 7 nitrogen and oxygen atoms in total. The smallest absolute Gasteiger partial charge is 0.251 e. The molecule has 3 atom stereocenters. The number of carbonyl (C=O) groups is 1. The number of amides is 1. The quantitative estimate of drug-likeness (QED) is 0.358. The third-order valence-electron chi connectivity index (χ3n) is 6.99. The second kappa shape index (κ2) is 9.47. The number of hydrogen-bond donors (Lipinski definition) is 1. The van der Waals surface area contributed by atoms with Crippen LogP contribution in [0.25, 0.3) is 0 Å². The molecular formula is C20H37IN4O3. The third-order valence-corrected chi connectivity index (χ3v) is 6.99. The molecule has 2 aliphatic heterocycles. The predicted octanol–water partition coefficient (Wildman–Crippen LogP) is 2.10. The van der Waals surface area contributed by atoms with E-state index < -0.39 is 0 Å². The number of ether oxygens (including phenoxy) is 2. The van der Waals surface area contributed by atoms with Gasteiger partial charge in [-0.25, -0.2) is 0 Å². The molecule has 3 aliphatic rings. The van der Waals surface area contributed by atoms with E-state index in [1.54, 1.807) is 7.11 Å². The van der Waals surface area contributed by atoms with Gasteiger partial charge in [-0.15, -0.1) is 24.0 Å². The molecule has 28 heavy (non-hydrogen) atoms. The number of aliphatic imine (C=N–C) groups is 1. The minimum absolute atomic E-state index is 0. The molecule has 1 aliphatic carbocycles. The van der Waals surface area contributed by atoms with Gasteiger partial charge in [0.25, 0.3) is 5.91 Å². The molecule has 0 spiro atoms. The van der Waals surface area contributed by atoms with Crippen LogP contribution in [0.4, 0.5) is 0 Å². The van der Waals surface area contributed by atoms with Crippen LogP contribution < -0.4 is 5.32 Å². The first-order valence-corrected chi connectivity index (χ1v) is 10.3. The van der Waals surface area contributed by atoms with Crippen molar-refractivity contribution >= 4 is 35.8 Å². The van der Waals surface area contributed by atoms with Gasteiger partial charge >= 0.3 is 0 Å². The predicted molar refractivity (Wildman–Crippen MR) is 121 cm³/mol. The number of halogens is 1. The summed E-state index contributed by atoms with van der Waals surface area (Å²) in [7, 11) is 1.79. The Kier molecular flexibility index (Phi) is 8.00. The van der Waals surface area contributed by atoms with Gasteiger partial charge in [0.05, 0.1) is 5.60 Å². The van der Waals surface area contributed by atoms with Crippen LogP contribution in [-0.2, 0) is 14.3 Å². The maximum Gasteiger partial charge on any atom is 0.251 e. The normalized spacial score (nSPS) is 32.5. The van der Waals surface area contributed by atoms with Crippen LogP contribution in [0, 0.1) is 5.41 Å². The number of carbonyl (C=O) groups excluding carboxylic acids is 1. The summed E-state index contributed by atoms with van der Waals surface area (Å²) < 4.78 is 11.3. The standard InChI is InChI=1S/C20H36N4O3.HI/c1-6-21-18(22-16-14-20(4,26-5)19(16,2)3)24-11-9-23(10-12-24)17(25)15-8-7-13-27-15;/h15-16H,6-14H2,1-5H3,(H,21,22);1H. The monoisotopic (exact) mass is 508 g/mol. The molecule has 0 aromatic carbocycles. The fourth-order valence-electron chi connectivity index (χ4n) is 4.38. The Morgan fingerprint density at radius 2 is 1.86 bits per heavy atom. The molecular weight excluding hydrogens is 471 g/mol. The summed E-state index contributed by atoms with van der Waals surface area (Å²) in [6.07, 6.45) is 2.60. The Balaban J connectivity index is 0.00000280. The number of rotatable bonds is 4. The summed E-state index contributed by atoms with van der Waals surface area (Å²) in [5, 5.41) is 3.67. The lowest BCUT2D eigenvalue weighted by Gasteiger charge is -2.59. The second-order valence-electron chi connectivity index (χ2n) is 8.67. The molecule has 162 valence electrons. The first-order valence-electron chi connectivity index (χ1n) is 10.3. The van der Waals surface area contributed by atoms with Crippen molar-refractivity contribution in [2.45, 2.75) is 64.7 Å². The summed E-state index contributed by atoms with van der Waals surface area (Å²) in [4.78, 5) is 21.5. The van der Waals surface area contributed by atoms with E-state index in [9.17, 15) is 4.79 Å². The zero-order valence-electron chi connectivity index (χ0n) is 18.0. The highest BCUT2D eigenvalue weighted by molar-refractivity contribution is 14.0. The summed E-state index contributed by atoms with van der Waals surface area (Å²) in [6.45, 7) is 13.3. The SMILES string of the molecule is CCN=C(NC1CC(C)(OC)C1(C)C)N1CCN(C(=O)C2CCCO2)CC1.I. The minimum atomic E-state index is -0.221. The van der Waals surface area contributed by atoms with Crippen molar-refractivity contribution in [1.29, 1.82) is 0 Å².